The van der Waals surface area contributed by atoms with Gasteiger partial charge in [0.1, 0.15) is 17.1 Å². The summed E-state index contributed by atoms with van der Waals surface area (Å²) in [6, 6.07) is 11.4. The Morgan fingerprint density at radius 1 is 1.06 bits per heavy atom. The third-order valence-electron chi connectivity index (χ3n) is 11.2. The Kier molecular flexibility index (Phi) is 8.52. The molecule has 2 unspecified atom stereocenters. The van der Waals surface area contributed by atoms with Crippen LogP contribution in [0.4, 0.5) is 36.3 Å². The number of anilines is 4. The zero-order valence-corrected chi connectivity index (χ0v) is 27.5. The van der Waals surface area contributed by atoms with E-state index < -0.39 is 29.1 Å². The topological polar surface area (TPSA) is 112 Å². The van der Waals surface area contributed by atoms with Gasteiger partial charge < -0.3 is 25.8 Å². The molecule has 0 spiro atoms. The number of aromatic nitrogens is 2. The van der Waals surface area contributed by atoms with Crippen molar-refractivity contribution >= 4 is 29.0 Å². The Morgan fingerprint density at radius 2 is 1.79 bits per heavy atom. The molecule has 5 aliphatic rings. The largest absolute Gasteiger partial charge is 0.495 e. The van der Waals surface area contributed by atoms with Crippen LogP contribution in [0.2, 0.25) is 0 Å². The van der Waals surface area contributed by atoms with Gasteiger partial charge in [-0.05, 0) is 118 Å². The number of carbonyl (C=O) groups excluding carboxylic acids is 1. The van der Waals surface area contributed by atoms with Crippen molar-refractivity contribution in [3.8, 4) is 5.75 Å². The highest BCUT2D eigenvalue weighted by atomic mass is 19.4. The van der Waals surface area contributed by atoms with Crippen LogP contribution in [-0.4, -0.2) is 64.8 Å². The van der Waals surface area contributed by atoms with Crippen LogP contribution in [0.5, 0.6) is 5.75 Å². The first-order valence-electron chi connectivity index (χ1n) is 16.9. The number of likely N-dealkylation sites (tertiary alicyclic amines) is 1. The summed E-state index contributed by atoms with van der Waals surface area (Å²) in [7, 11) is 3.02. The second kappa shape index (κ2) is 12.5. The fourth-order valence-corrected chi connectivity index (χ4v) is 9.29. The number of hydrogen-bond acceptors (Lipinski definition) is 8. The van der Waals surface area contributed by atoms with Crippen LogP contribution in [0.25, 0.3) is 0 Å². The second-order valence-electron chi connectivity index (χ2n) is 14.2. The molecule has 5 fully saturated rings. The number of nitrogens with one attached hydrogen (secondary N) is 3. The fourth-order valence-electron chi connectivity index (χ4n) is 9.29. The van der Waals surface area contributed by atoms with Crippen molar-refractivity contribution in [1.29, 1.82) is 0 Å². The summed E-state index contributed by atoms with van der Waals surface area (Å²) in [5.74, 6) is 1.86. The van der Waals surface area contributed by atoms with E-state index in [2.05, 4.69) is 30.8 Å². The van der Waals surface area contributed by atoms with E-state index in [1.165, 1.54) is 26.0 Å². The van der Waals surface area contributed by atoms with E-state index in [1.807, 2.05) is 18.2 Å². The van der Waals surface area contributed by atoms with Crippen LogP contribution in [0.1, 0.15) is 77.9 Å². The molecule has 1 aliphatic heterocycles. The molecule has 1 amide bonds. The summed E-state index contributed by atoms with van der Waals surface area (Å²) in [6.45, 7) is 3.77. The predicted octanol–water partition coefficient (Wildman–Crippen LogP) is 6.78. The Hall–Kier alpha value is -3.90. The fraction of sp³-hybridized carbons (Fsp3) is 0.528. The average Bonchev–Trinajstić information content (AvgIpc) is 3.04. The summed E-state index contributed by atoms with van der Waals surface area (Å²) in [5.41, 5.74) is 1.21. The lowest BCUT2D eigenvalue weighted by Crippen LogP contribution is -2.62. The predicted molar refractivity (Wildman–Crippen MR) is 177 cm³/mol. The van der Waals surface area contributed by atoms with Gasteiger partial charge in [0.2, 0.25) is 5.95 Å². The van der Waals surface area contributed by atoms with Gasteiger partial charge in [-0.3, -0.25) is 9.69 Å². The number of alkyl halides is 3. The van der Waals surface area contributed by atoms with Gasteiger partial charge in [-0.15, -0.1) is 0 Å². The van der Waals surface area contributed by atoms with E-state index >= 15 is 0 Å². The van der Waals surface area contributed by atoms with Gasteiger partial charge >= 0.3 is 6.18 Å². The van der Waals surface area contributed by atoms with Crippen molar-refractivity contribution in [2.45, 2.75) is 75.6 Å². The number of nitrogens with zero attached hydrogens (tertiary/aromatic N) is 3. The number of amides is 1. The molecular formula is C36H43F3N6O3. The molecule has 256 valence electrons. The Balaban J connectivity index is 1.07. The summed E-state index contributed by atoms with van der Waals surface area (Å²) in [4.78, 5) is 23.4. The summed E-state index contributed by atoms with van der Waals surface area (Å²) < 4.78 is 47.9. The van der Waals surface area contributed by atoms with E-state index in [9.17, 15) is 23.1 Å². The Morgan fingerprint density at radius 3 is 2.44 bits per heavy atom. The zero-order valence-electron chi connectivity index (χ0n) is 27.5. The van der Waals surface area contributed by atoms with E-state index in [1.54, 1.807) is 26.2 Å². The number of benzene rings is 2. The molecule has 4 N–H and O–H groups in total. The monoisotopic (exact) mass is 664 g/mol. The number of methoxy groups -OCH3 is 1. The van der Waals surface area contributed by atoms with Gasteiger partial charge in [-0.1, -0.05) is 18.2 Å². The first-order chi connectivity index (χ1) is 22.9. The molecule has 1 aromatic heterocycles. The van der Waals surface area contributed by atoms with Crippen molar-refractivity contribution in [3.05, 3.63) is 64.8 Å². The van der Waals surface area contributed by atoms with Crippen molar-refractivity contribution < 1.29 is 27.8 Å². The van der Waals surface area contributed by atoms with Crippen LogP contribution < -0.4 is 20.7 Å². The maximum atomic E-state index is 14.0. The molecule has 4 bridgehead atoms. The number of ether oxygens (including phenoxy) is 1. The Labute approximate surface area is 278 Å². The molecule has 48 heavy (non-hydrogen) atoms. The summed E-state index contributed by atoms with van der Waals surface area (Å²) in [5, 5.41) is 19.4. The maximum Gasteiger partial charge on any atom is 0.421 e. The summed E-state index contributed by atoms with van der Waals surface area (Å²) in [6.07, 6.45) is 3.50. The third-order valence-corrected chi connectivity index (χ3v) is 11.2. The Bertz CT molecular complexity index is 1680. The first-order valence-corrected chi connectivity index (χ1v) is 16.9. The van der Waals surface area contributed by atoms with Crippen molar-refractivity contribution in [2.24, 2.45) is 17.8 Å². The first kappa shape index (κ1) is 32.6. The lowest BCUT2D eigenvalue weighted by Gasteiger charge is -2.61. The van der Waals surface area contributed by atoms with Gasteiger partial charge in [0.05, 0.1) is 29.6 Å². The minimum atomic E-state index is -4.73. The van der Waals surface area contributed by atoms with E-state index in [0.717, 1.165) is 57.0 Å². The quantitative estimate of drug-likeness (QED) is 0.209. The van der Waals surface area contributed by atoms with E-state index in [4.69, 9.17) is 4.74 Å². The molecule has 4 saturated carbocycles. The standard InChI is InChI=1S/C36H43F3N6O3/c1-20-5-4-6-26(33(46)40-2)30(20)43-32-27(36(37,38)39)19-41-34(44-32)42-28-8-7-23(15-29(28)48-3)22-9-11-45(12-10-22)31-24-13-21-14-25(31)18-35(47,16-21)17-24/h4-8,15,19,21-22,24-25,31,47H,9-14,16-18H2,1-3H3,(H,40,46)(H2,41,42,43,44). The van der Waals surface area contributed by atoms with Crippen LogP contribution in [0.3, 0.4) is 0 Å². The molecule has 2 aromatic carbocycles. The van der Waals surface area contributed by atoms with E-state index in [-0.39, 0.29) is 17.2 Å². The minimum Gasteiger partial charge on any atom is -0.495 e. The van der Waals surface area contributed by atoms with Crippen LogP contribution in [0.15, 0.2) is 42.6 Å². The SMILES string of the molecule is CNC(=O)c1cccc(C)c1Nc1nc(Nc2ccc(C3CCN(C4C5CC6CC4CC(O)(C6)C5)CC3)cc2OC)ncc1C(F)(F)F. The second-order valence-corrected chi connectivity index (χ2v) is 14.2. The molecule has 3 aromatic rings. The van der Waals surface area contributed by atoms with E-state index in [0.29, 0.717) is 46.7 Å². The molecule has 2 heterocycles. The highest BCUT2D eigenvalue weighted by Gasteiger charge is 2.56. The lowest BCUT2D eigenvalue weighted by molar-refractivity contribution is -0.162. The van der Waals surface area contributed by atoms with Gasteiger partial charge in [-0.25, -0.2) is 4.98 Å². The summed E-state index contributed by atoms with van der Waals surface area (Å²) >= 11 is 0. The zero-order chi connectivity index (χ0) is 33.8. The molecule has 1 saturated heterocycles. The average molecular weight is 665 g/mol. The van der Waals surface area contributed by atoms with Crippen molar-refractivity contribution in [2.75, 3.05) is 37.9 Å². The van der Waals surface area contributed by atoms with Gasteiger partial charge in [0.15, 0.2) is 0 Å². The van der Waals surface area contributed by atoms with Crippen LogP contribution >= 0.6 is 0 Å². The number of aliphatic hydroxyl groups is 1. The minimum absolute atomic E-state index is 0.0553. The normalized spacial score (nSPS) is 27.1. The number of hydrogen-bond donors (Lipinski definition) is 4. The highest BCUT2D eigenvalue weighted by molar-refractivity contribution is 6.00. The maximum absolute atomic E-state index is 14.0. The molecule has 12 heteroatoms. The number of piperidine rings is 1. The van der Waals surface area contributed by atoms with Crippen LogP contribution in [-0.2, 0) is 6.18 Å². The molecular weight excluding hydrogens is 621 g/mol. The number of rotatable bonds is 8. The number of carbonyl (C=O) groups is 1. The number of para-hydroxylation sites is 1. The molecule has 2 atom stereocenters. The van der Waals surface area contributed by atoms with Gasteiger partial charge in [0, 0.05) is 19.3 Å². The molecule has 9 nitrogen and oxygen atoms in total. The van der Waals surface area contributed by atoms with Gasteiger partial charge in [-0.2, -0.15) is 18.2 Å². The van der Waals surface area contributed by atoms with Gasteiger partial charge in [0.25, 0.3) is 5.91 Å². The van der Waals surface area contributed by atoms with Crippen molar-refractivity contribution in [3.63, 3.8) is 0 Å². The smallest absolute Gasteiger partial charge is 0.421 e. The third kappa shape index (κ3) is 6.20. The van der Waals surface area contributed by atoms with Crippen molar-refractivity contribution in [1.82, 2.24) is 20.2 Å². The number of aryl methyl sites for hydroxylation is 1. The lowest BCUT2D eigenvalue weighted by atomic mass is 9.52. The molecule has 0 radical (unpaired) electrons. The molecule has 8 rings (SSSR count). The molecule has 4 aliphatic carbocycles. The van der Waals surface area contributed by atoms with Crippen LogP contribution in [0, 0.1) is 24.7 Å². The highest BCUT2D eigenvalue weighted by Crippen LogP contribution is 2.57. The number of halogens is 3.